The number of anilines is 2. The smallest absolute Gasteiger partial charge is 0.243 e. The van der Waals surface area contributed by atoms with Gasteiger partial charge in [0.15, 0.2) is 11.6 Å². The number of hydrogen-bond donors (Lipinski definition) is 0. The van der Waals surface area contributed by atoms with E-state index in [9.17, 15) is 8.42 Å². The second-order valence-electron chi connectivity index (χ2n) is 8.13. The van der Waals surface area contributed by atoms with E-state index < -0.39 is 10.0 Å². The molecule has 5 rings (SSSR count). The van der Waals surface area contributed by atoms with E-state index in [0.717, 1.165) is 35.9 Å². The van der Waals surface area contributed by atoms with Crippen LogP contribution in [0.25, 0.3) is 11.1 Å². The molecule has 0 saturated carbocycles. The maximum atomic E-state index is 13.2. The fourth-order valence-electron chi connectivity index (χ4n) is 4.20. The molecule has 8 nitrogen and oxygen atoms in total. The lowest BCUT2D eigenvalue weighted by Crippen LogP contribution is -2.49. The third-order valence-corrected chi connectivity index (χ3v) is 8.05. The highest BCUT2D eigenvalue weighted by molar-refractivity contribution is 7.89. The summed E-state index contributed by atoms with van der Waals surface area (Å²) < 4.78 is 33.3. The molecule has 3 aromatic rings. The van der Waals surface area contributed by atoms with Crippen LogP contribution in [0.2, 0.25) is 0 Å². The van der Waals surface area contributed by atoms with Gasteiger partial charge in [-0.2, -0.15) is 4.31 Å². The Kier molecular flexibility index (Phi) is 6.26. The van der Waals surface area contributed by atoms with Crippen molar-refractivity contribution in [2.75, 3.05) is 62.3 Å². The van der Waals surface area contributed by atoms with Gasteiger partial charge in [-0.1, -0.05) is 42.5 Å². The van der Waals surface area contributed by atoms with E-state index in [2.05, 4.69) is 20.0 Å². The van der Waals surface area contributed by atoms with Gasteiger partial charge < -0.3 is 14.5 Å². The molecule has 0 amide bonds. The summed E-state index contributed by atoms with van der Waals surface area (Å²) in [6, 6.07) is 21.0. The molecular formula is C24H27N5O3S. The average Bonchev–Trinajstić information content (AvgIpc) is 2.90. The molecule has 0 radical (unpaired) electrons. The van der Waals surface area contributed by atoms with E-state index >= 15 is 0 Å². The van der Waals surface area contributed by atoms with Crippen LogP contribution >= 0.6 is 0 Å². The Bertz CT molecular complexity index is 1160. The van der Waals surface area contributed by atoms with Crippen molar-refractivity contribution in [1.82, 2.24) is 14.5 Å². The fraction of sp³-hybridized carbons (Fsp3) is 0.333. The quantitative estimate of drug-likeness (QED) is 0.573. The zero-order chi connectivity index (χ0) is 22.7. The van der Waals surface area contributed by atoms with E-state index in [0.29, 0.717) is 44.3 Å². The predicted molar refractivity (Wildman–Crippen MR) is 128 cm³/mol. The van der Waals surface area contributed by atoms with Gasteiger partial charge in [-0.05, 0) is 35.4 Å². The van der Waals surface area contributed by atoms with Crippen molar-refractivity contribution in [3.63, 3.8) is 0 Å². The molecule has 3 heterocycles. The molecular weight excluding hydrogens is 438 g/mol. The molecule has 0 atom stereocenters. The molecule has 2 aliphatic rings. The lowest BCUT2D eigenvalue weighted by Gasteiger charge is -2.34. The molecule has 0 aliphatic carbocycles. The van der Waals surface area contributed by atoms with Gasteiger partial charge in [0, 0.05) is 39.3 Å². The minimum atomic E-state index is -3.54. The monoisotopic (exact) mass is 465 g/mol. The third-order valence-electron chi connectivity index (χ3n) is 6.13. The Balaban J connectivity index is 1.22. The van der Waals surface area contributed by atoms with Gasteiger partial charge in [-0.3, -0.25) is 0 Å². The molecule has 0 N–H and O–H groups in total. The van der Waals surface area contributed by atoms with Crippen LogP contribution in [-0.4, -0.2) is 75.4 Å². The minimum Gasteiger partial charge on any atom is -0.378 e. The fourth-order valence-corrected chi connectivity index (χ4v) is 5.63. The first-order chi connectivity index (χ1) is 16.1. The summed E-state index contributed by atoms with van der Waals surface area (Å²) in [5, 5.41) is 8.76. The van der Waals surface area contributed by atoms with Gasteiger partial charge in [-0.15, -0.1) is 10.2 Å². The van der Waals surface area contributed by atoms with Gasteiger partial charge >= 0.3 is 0 Å². The summed E-state index contributed by atoms with van der Waals surface area (Å²) in [6.45, 7) is 5.02. The Morgan fingerprint density at radius 3 is 1.76 bits per heavy atom. The number of morpholine rings is 1. The van der Waals surface area contributed by atoms with Crippen LogP contribution in [0.15, 0.2) is 71.6 Å². The number of benzene rings is 2. The molecule has 2 fully saturated rings. The van der Waals surface area contributed by atoms with Gasteiger partial charge in [0.1, 0.15) is 0 Å². The predicted octanol–water partition coefficient (Wildman–Crippen LogP) is 2.49. The minimum absolute atomic E-state index is 0.324. The van der Waals surface area contributed by atoms with Gasteiger partial charge in [0.2, 0.25) is 10.0 Å². The molecule has 172 valence electrons. The van der Waals surface area contributed by atoms with Crippen molar-refractivity contribution in [1.29, 1.82) is 0 Å². The topological polar surface area (TPSA) is 78.9 Å². The van der Waals surface area contributed by atoms with E-state index in [-0.39, 0.29) is 0 Å². The standard InChI is InChI=1S/C24H27N5O3S/c30-33(31,22-8-6-21(7-9-22)20-4-2-1-3-5-20)29-14-12-27(13-15-29)23-10-11-24(26-25-23)28-16-18-32-19-17-28/h1-11H,12-19H2. The average molecular weight is 466 g/mol. The van der Waals surface area contributed by atoms with Crippen molar-refractivity contribution in [3.8, 4) is 11.1 Å². The Morgan fingerprint density at radius 2 is 1.18 bits per heavy atom. The SMILES string of the molecule is O=S(=O)(c1ccc(-c2ccccc2)cc1)N1CCN(c2ccc(N3CCOCC3)nn2)CC1. The van der Waals surface area contributed by atoms with Crippen LogP contribution in [0.3, 0.4) is 0 Å². The highest BCUT2D eigenvalue weighted by Gasteiger charge is 2.29. The number of aromatic nitrogens is 2. The summed E-state index contributed by atoms with van der Waals surface area (Å²) in [6.07, 6.45) is 0. The molecule has 2 saturated heterocycles. The maximum Gasteiger partial charge on any atom is 0.243 e. The third kappa shape index (κ3) is 4.71. The molecule has 9 heteroatoms. The van der Waals surface area contributed by atoms with E-state index in [1.165, 1.54) is 0 Å². The molecule has 2 aromatic carbocycles. The van der Waals surface area contributed by atoms with Crippen LogP contribution in [0.1, 0.15) is 0 Å². The normalized spacial score (nSPS) is 17.8. The van der Waals surface area contributed by atoms with Gasteiger partial charge in [0.05, 0.1) is 18.1 Å². The van der Waals surface area contributed by atoms with Crippen molar-refractivity contribution in [3.05, 3.63) is 66.7 Å². The lowest BCUT2D eigenvalue weighted by molar-refractivity contribution is 0.122. The highest BCUT2D eigenvalue weighted by Crippen LogP contribution is 2.24. The van der Waals surface area contributed by atoms with Crippen LogP contribution in [0.5, 0.6) is 0 Å². The molecule has 2 aliphatic heterocycles. The number of sulfonamides is 1. The van der Waals surface area contributed by atoms with Crippen molar-refractivity contribution in [2.45, 2.75) is 4.90 Å². The number of piperazine rings is 1. The van der Waals surface area contributed by atoms with Gasteiger partial charge in [0.25, 0.3) is 0 Å². The summed E-state index contributed by atoms with van der Waals surface area (Å²) in [5.41, 5.74) is 2.06. The van der Waals surface area contributed by atoms with Crippen LogP contribution in [0, 0.1) is 0 Å². The first kappa shape index (κ1) is 21.8. The summed E-state index contributed by atoms with van der Waals surface area (Å²) >= 11 is 0. The second kappa shape index (κ2) is 9.46. The lowest BCUT2D eigenvalue weighted by atomic mass is 10.1. The van der Waals surface area contributed by atoms with Gasteiger partial charge in [-0.25, -0.2) is 8.42 Å². The van der Waals surface area contributed by atoms with E-state index in [1.54, 1.807) is 16.4 Å². The Hall–Kier alpha value is -3.01. The van der Waals surface area contributed by atoms with Crippen LogP contribution in [0.4, 0.5) is 11.6 Å². The molecule has 33 heavy (non-hydrogen) atoms. The van der Waals surface area contributed by atoms with Crippen molar-refractivity contribution < 1.29 is 13.2 Å². The largest absolute Gasteiger partial charge is 0.378 e. The molecule has 0 spiro atoms. The number of ether oxygens (including phenoxy) is 1. The van der Waals surface area contributed by atoms with Crippen molar-refractivity contribution in [2.24, 2.45) is 0 Å². The molecule has 1 aromatic heterocycles. The Morgan fingerprint density at radius 1 is 0.636 bits per heavy atom. The van der Waals surface area contributed by atoms with E-state index in [1.807, 2.05) is 54.6 Å². The van der Waals surface area contributed by atoms with Crippen LogP contribution in [-0.2, 0) is 14.8 Å². The number of hydrogen-bond acceptors (Lipinski definition) is 7. The highest BCUT2D eigenvalue weighted by atomic mass is 32.2. The first-order valence-corrected chi connectivity index (χ1v) is 12.6. The van der Waals surface area contributed by atoms with Crippen molar-refractivity contribution >= 4 is 21.7 Å². The number of rotatable bonds is 5. The maximum absolute atomic E-state index is 13.2. The zero-order valence-electron chi connectivity index (χ0n) is 18.4. The summed E-state index contributed by atoms with van der Waals surface area (Å²) in [7, 11) is -3.54. The number of nitrogens with zero attached hydrogens (tertiary/aromatic N) is 5. The molecule has 0 unspecified atom stereocenters. The van der Waals surface area contributed by atoms with E-state index in [4.69, 9.17) is 4.74 Å². The summed E-state index contributed by atoms with van der Waals surface area (Å²) in [5.74, 6) is 1.62. The first-order valence-electron chi connectivity index (χ1n) is 11.2. The Labute approximate surface area is 194 Å². The van der Waals surface area contributed by atoms with Crippen LogP contribution < -0.4 is 9.80 Å². The summed E-state index contributed by atoms with van der Waals surface area (Å²) in [4.78, 5) is 4.57. The molecule has 0 bridgehead atoms. The zero-order valence-corrected chi connectivity index (χ0v) is 19.2. The second-order valence-corrected chi connectivity index (χ2v) is 10.1.